The maximum atomic E-state index is 9.70. The highest BCUT2D eigenvalue weighted by molar-refractivity contribution is 5.19. The Balaban J connectivity index is 2.86. The topological polar surface area (TPSA) is 20.2 Å². The van der Waals surface area contributed by atoms with Gasteiger partial charge in [-0.05, 0) is 39.0 Å². The Morgan fingerprint density at radius 1 is 1.47 bits per heavy atom. The highest BCUT2D eigenvalue weighted by atomic mass is 16.3. The van der Waals surface area contributed by atoms with E-state index in [9.17, 15) is 5.11 Å². The van der Waals surface area contributed by atoms with E-state index >= 15 is 0 Å². The lowest BCUT2D eigenvalue weighted by atomic mass is 9.68. The number of rotatable bonds is 2. The summed E-state index contributed by atoms with van der Waals surface area (Å²) in [5.74, 6) is 0.470. The average Bonchev–Trinajstić information content (AvgIpc) is 1.99. The van der Waals surface area contributed by atoms with E-state index in [1.54, 1.807) is 0 Å². The van der Waals surface area contributed by atoms with Crippen molar-refractivity contribution in [2.75, 3.05) is 0 Å². The Hall–Kier alpha value is -0.560. The molecule has 86 valence electrons. The third kappa shape index (κ3) is 3.49. The molecule has 0 aromatic heterocycles. The van der Waals surface area contributed by atoms with Crippen LogP contribution < -0.4 is 0 Å². The summed E-state index contributed by atoms with van der Waals surface area (Å²) < 4.78 is 0. The first kappa shape index (κ1) is 12.5. The molecule has 0 bridgehead atoms. The van der Waals surface area contributed by atoms with Crippen LogP contribution in [0.5, 0.6) is 0 Å². The Bertz CT molecular complexity index is 276. The van der Waals surface area contributed by atoms with Crippen molar-refractivity contribution in [1.29, 1.82) is 0 Å². The van der Waals surface area contributed by atoms with Crippen molar-refractivity contribution in [3.8, 4) is 0 Å². The predicted molar refractivity (Wildman–Crippen MR) is 65.7 cm³/mol. The molecule has 0 saturated heterocycles. The third-order valence-corrected chi connectivity index (χ3v) is 3.28. The van der Waals surface area contributed by atoms with Gasteiger partial charge in [-0.25, -0.2) is 0 Å². The summed E-state index contributed by atoms with van der Waals surface area (Å²) >= 11 is 0. The maximum absolute atomic E-state index is 9.70. The minimum absolute atomic E-state index is 0.320. The minimum atomic E-state index is -0.701. The SMILES string of the molecule is CC1=CCCC(C)(C)C1/C=C/C(C)(C)O. The van der Waals surface area contributed by atoms with Crippen molar-refractivity contribution >= 4 is 0 Å². The predicted octanol–water partition coefficient (Wildman–Crippen LogP) is 3.70. The van der Waals surface area contributed by atoms with Crippen LogP contribution in [0, 0.1) is 11.3 Å². The first-order valence-electron chi connectivity index (χ1n) is 5.81. The van der Waals surface area contributed by atoms with Gasteiger partial charge in [-0.2, -0.15) is 0 Å². The smallest absolute Gasteiger partial charge is 0.0771 e. The quantitative estimate of drug-likeness (QED) is 0.686. The standard InChI is InChI=1S/C14H24O/c1-11-7-6-9-13(2,3)12(11)8-10-14(4,5)15/h7-8,10,12,15H,6,9H2,1-5H3/b10-8+. The van der Waals surface area contributed by atoms with Crippen molar-refractivity contribution in [3.63, 3.8) is 0 Å². The molecule has 0 fully saturated rings. The third-order valence-electron chi connectivity index (χ3n) is 3.28. The van der Waals surface area contributed by atoms with E-state index in [1.165, 1.54) is 18.4 Å². The summed E-state index contributed by atoms with van der Waals surface area (Å²) in [6.07, 6.45) is 8.83. The second-order valence-corrected chi connectivity index (χ2v) is 5.97. The molecule has 1 aliphatic carbocycles. The number of aliphatic hydroxyl groups is 1. The molecule has 0 aliphatic heterocycles. The number of hydrogen-bond donors (Lipinski definition) is 1. The van der Waals surface area contributed by atoms with Crippen LogP contribution >= 0.6 is 0 Å². The molecule has 1 aliphatic rings. The lowest BCUT2D eigenvalue weighted by molar-refractivity contribution is 0.131. The summed E-state index contributed by atoms with van der Waals surface area (Å²) in [6.45, 7) is 10.4. The summed E-state index contributed by atoms with van der Waals surface area (Å²) in [6, 6.07) is 0. The zero-order chi connectivity index (χ0) is 11.7. The van der Waals surface area contributed by atoms with Gasteiger partial charge in [-0.15, -0.1) is 0 Å². The fourth-order valence-electron chi connectivity index (χ4n) is 2.31. The largest absolute Gasteiger partial charge is 0.386 e. The van der Waals surface area contributed by atoms with Gasteiger partial charge in [0, 0.05) is 5.92 Å². The van der Waals surface area contributed by atoms with Gasteiger partial charge in [-0.1, -0.05) is 37.6 Å². The van der Waals surface area contributed by atoms with Crippen LogP contribution in [0.3, 0.4) is 0 Å². The molecule has 0 spiro atoms. The highest BCUT2D eigenvalue weighted by Gasteiger charge is 2.31. The monoisotopic (exact) mass is 208 g/mol. The summed E-state index contributed by atoms with van der Waals surface area (Å²) in [5, 5.41) is 9.70. The van der Waals surface area contributed by atoms with Crippen molar-refractivity contribution in [2.45, 2.75) is 53.1 Å². The molecule has 0 aromatic carbocycles. The molecule has 1 N–H and O–H groups in total. The Morgan fingerprint density at radius 2 is 2.07 bits per heavy atom. The molecule has 0 amide bonds. The molecule has 15 heavy (non-hydrogen) atoms. The zero-order valence-corrected chi connectivity index (χ0v) is 10.7. The lowest BCUT2D eigenvalue weighted by Crippen LogP contribution is -2.27. The molecule has 1 rings (SSSR count). The zero-order valence-electron chi connectivity index (χ0n) is 10.7. The molecule has 0 aromatic rings. The molecular formula is C14H24O. The number of allylic oxidation sites excluding steroid dienone is 3. The van der Waals surface area contributed by atoms with E-state index in [-0.39, 0.29) is 0 Å². The summed E-state index contributed by atoms with van der Waals surface area (Å²) in [7, 11) is 0. The van der Waals surface area contributed by atoms with Gasteiger partial charge in [-0.3, -0.25) is 0 Å². The first-order valence-corrected chi connectivity index (χ1v) is 5.81. The van der Waals surface area contributed by atoms with E-state index < -0.39 is 5.60 Å². The summed E-state index contributed by atoms with van der Waals surface area (Å²) in [4.78, 5) is 0. The van der Waals surface area contributed by atoms with E-state index in [0.717, 1.165) is 0 Å². The fraction of sp³-hybridized carbons (Fsp3) is 0.714. The second-order valence-electron chi connectivity index (χ2n) is 5.97. The van der Waals surface area contributed by atoms with Crippen LogP contribution in [0.25, 0.3) is 0 Å². The molecule has 1 unspecified atom stereocenters. The maximum Gasteiger partial charge on any atom is 0.0771 e. The molecule has 0 heterocycles. The fourth-order valence-corrected chi connectivity index (χ4v) is 2.31. The summed E-state index contributed by atoms with van der Waals surface area (Å²) in [5.41, 5.74) is 1.06. The number of hydrogen-bond acceptors (Lipinski definition) is 1. The molecule has 0 saturated carbocycles. The molecule has 1 nitrogen and oxygen atoms in total. The molecular weight excluding hydrogens is 184 g/mol. The van der Waals surface area contributed by atoms with Crippen LogP contribution in [0.1, 0.15) is 47.5 Å². The highest BCUT2D eigenvalue weighted by Crippen LogP contribution is 2.41. The van der Waals surface area contributed by atoms with Crippen molar-refractivity contribution in [1.82, 2.24) is 0 Å². The normalized spacial score (nSPS) is 26.8. The molecule has 1 heteroatoms. The van der Waals surface area contributed by atoms with E-state index in [2.05, 4.69) is 32.9 Å². The average molecular weight is 208 g/mol. The van der Waals surface area contributed by atoms with Gasteiger partial charge in [0.25, 0.3) is 0 Å². The van der Waals surface area contributed by atoms with Gasteiger partial charge in [0.05, 0.1) is 5.60 Å². The first-order chi connectivity index (χ1) is 6.72. The van der Waals surface area contributed by atoms with Crippen molar-refractivity contribution < 1.29 is 5.11 Å². The van der Waals surface area contributed by atoms with Gasteiger partial charge in [0.2, 0.25) is 0 Å². The van der Waals surface area contributed by atoms with Gasteiger partial charge >= 0.3 is 0 Å². The Kier molecular flexibility index (Phi) is 3.44. The van der Waals surface area contributed by atoms with Gasteiger partial charge in [0.15, 0.2) is 0 Å². The van der Waals surface area contributed by atoms with Gasteiger partial charge < -0.3 is 5.11 Å². The second kappa shape index (κ2) is 4.13. The minimum Gasteiger partial charge on any atom is -0.386 e. The van der Waals surface area contributed by atoms with Crippen molar-refractivity contribution in [3.05, 3.63) is 23.8 Å². The van der Waals surface area contributed by atoms with E-state index in [1.807, 2.05) is 19.9 Å². The molecule has 0 radical (unpaired) electrons. The Morgan fingerprint density at radius 3 is 2.53 bits per heavy atom. The Labute approximate surface area is 93.9 Å². The van der Waals surface area contributed by atoms with E-state index in [4.69, 9.17) is 0 Å². The van der Waals surface area contributed by atoms with Crippen molar-refractivity contribution in [2.24, 2.45) is 11.3 Å². The van der Waals surface area contributed by atoms with Crippen LogP contribution in [-0.4, -0.2) is 10.7 Å². The lowest BCUT2D eigenvalue weighted by Gasteiger charge is -2.37. The van der Waals surface area contributed by atoms with Crippen LogP contribution in [0.2, 0.25) is 0 Å². The van der Waals surface area contributed by atoms with Crippen LogP contribution in [0.4, 0.5) is 0 Å². The van der Waals surface area contributed by atoms with Crippen LogP contribution in [-0.2, 0) is 0 Å². The molecule has 1 atom stereocenters. The van der Waals surface area contributed by atoms with Gasteiger partial charge in [0.1, 0.15) is 0 Å². The van der Waals surface area contributed by atoms with Crippen LogP contribution in [0.15, 0.2) is 23.8 Å². The van der Waals surface area contributed by atoms with E-state index in [0.29, 0.717) is 11.3 Å².